The summed E-state index contributed by atoms with van der Waals surface area (Å²) >= 11 is 0. The molecular formula is C16H28N6O9P2. The number of hydrogen-bond acceptors (Lipinski definition) is 10. The summed E-state index contributed by atoms with van der Waals surface area (Å²) in [6.45, 7) is 0.723. The fourth-order valence-electron chi connectivity index (χ4n) is 3.50. The van der Waals surface area contributed by atoms with Crippen LogP contribution < -0.4 is 11.1 Å². The number of hydrogen-bond donors (Lipinski definition) is 6. The van der Waals surface area contributed by atoms with Crippen LogP contribution in [0.4, 0.5) is 5.82 Å². The molecule has 33 heavy (non-hydrogen) atoms. The molecule has 0 radical (unpaired) electrons. The van der Waals surface area contributed by atoms with E-state index in [2.05, 4.69) is 24.8 Å². The molecule has 17 heteroatoms. The first-order valence-corrected chi connectivity index (χ1v) is 13.3. The third-order valence-electron chi connectivity index (χ3n) is 4.95. The van der Waals surface area contributed by atoms with E-state index in [1.54, 1.807) is 0 Å². The maximum Gasteiger partial charge on any atom is 0.469 e. The zero-order valence-electron chi connectivity index (χ0n) is 17.6. The van der Waals surface area contributed by atoms with Crippen molar-refractivity contribution in [3.63, 3.8) is 0 Å². The van der Waals surface area contributed by atoms with Gasteiger partial charge in [-0.2, -0.15) is 0 Å². The Balaban J connectivity index is 1.72. The molecule has 2 aromatic rings. The summed E-state index contributed by atoms with van der Waals surface area (Å²) in [5.74, 6) is 0.528. The van der Waals surface area contributed by atoms with E-state index in [0.717, 1.165) is 25.7 Å². The molecule has 1 fully saturated rings. The maximum atomic E-state index is 11.3. The topological polar surface area (TPSA) is 224 Å². The number of nitrogens with one attached hydrogen (secondary N) is 1. The van der Waals surface area contributed by atoms with E-state index < -0.39 is 40.7 Å². The van der Waals surface area contributed by atoms with Crippen molar-refractivity contribution < 1.29 is 42.5 Å². The minimum absolute atomic E-state index is 0.0420. The SMILES string of the molecule is NCCCCCCNc1ncnc2c1ncn2[C@H]1C[C@H](OP(=O)(O)O)[C@@H](COP(=O)(O)O)O1. The number of fused-ring (bicyclic) bond motifs is 1. The van der Waals surface area contributed by atoms with E-state index in [1.807, 2.05) is 0 Å². The number of nitrogens with two attached hydrogens (primary N) is 1. The Morgan fingerprint density at radius 2 is 1.88 bits per heavy atom. The lowest BCUT2D eigenvalue weighted by Gasteiger charge is -2.19. The molecule has 0 saturated carbocycles. The van der Waals surface area contributed by atoms with E-state index in [9.17, 15) is 18.9 Å². The van der Waals surface area contributed by atoms with Crippen LogP contribution in [0.2, 0.25) is 0 Å². The largest absolute Gasteiger partial charge is 0.469 e. The number of ether oxygens (including phenoxy) is 1. The first kappa shape index (κ1) is 26.1. The van der Waals surface area contributed by atoms with Crippen LogP contribution in [0.3, 0.4) is 0 Å². The first-order chi connectivity index (χ1) is 15.6. The lowest BCUT2D eigenvalue weighted by Crippen LogP contribution is -2.28. The van der Waals surface area contributed by atoms with Crippen molar-refractivity contribution in [3.05, 3.63) is 12.7 Å². The molecule has 3 heterocycles. The average molecular weight is 510 g/mol. The third kappa shape index (κ3) is 7.76. The summed E-state index contributed by atoms with van der Waals surface area (Å²) in [5.41, 5.74) is 6.38. The van der Waals surface area contributed by atoms with E-state index in [1.165, 1.54) is 17.2 Å². The van der Waals surface area contributed by atoms with Crippen LogP contribution in [0.15, 0.2) is 12.7 Å². The molecule has 1 aliphatic heterocycles. The molecular weight excluding hydrogens is 482 g/mol. The number of imidazole rings is 1. The Kier molecular flexibility index (Phi) is 8.92. The van der Waals surface area contributed by atoms with Gasteiger partial charge in [-0.25, -0.2) is 24.1 Å². The fraction of sp³-hybridized carbons (Fsp3) is 0.688. The summed E-state index contributed by atoms with van der Waals surface area (Å²) < 4.78 is 38.9. The molecule has 2 aromatic heterocycles. The fourth-order valence-corrected chi connectivity index (χ4v) is 4.42. The van der Waals surface area contributed by atoms with Crippen LogP contribution in [0.5, 0.6) is 0 Å². The molecule has 7 N–H and O–H groups in total. The molecule has 1 saturated heterocycles. The molecule has 0 spiro atoms. The Bertz CT molecular complexity index is 1010. The molecule has 0 amide bonds. The van der Waals surface area contributed by atoms with Gasteiger partial charge >= 0.3 is 15.6 Å². The second-order valence-electron chi connectivity index (χ2n) is 7.46. The summed E-state index contributed by atoms with van der Waals surface area (Å²) in [7, 11) is -9.72. The van der Waals surface area contributed by atoms with Gasteiger partial charge < -0.3 is 35.4 Å². The van der Waals surface area contributed by atoms with Crippen LogP contribution in [-0.4, -0.2) is 71.0 Å². The number of unbranched alkanes of at least 4 members (excludes halogenated alkanes) is 3. The molecule has 0 unspecified atom stereocenters. The smallest absolute Gasteiger partial charge is 0.368 e. The lowest BCUT2D eigenvalue weighted by molar-refractivity contribution is -0.0417. The summed E-state index contributed by atoms with van der Waals surface area (Å²) in [5, 5.41) is 3.22. The highest BCUT2D eigenvalue weighted by Crippen LogP contribution is 2.45. The first-order valence-electron chi connectivity index (χ1n) is 10.3. The van der Waals surface area contributed by atoms with Crippen molar-refractivity contribution in [3.8, 4) is 0 Å². The van der Waals surface area contributed by atoms with Crippen molar-refractivity contribution in [2.45, 2.75) is 50.5 Å². The summed E-state index contributed by atoms with van der Waals surface area (Å²) in [6.07, 6.45) is 3.58. The molecule has 0 aliphatic carbocycles. The van der Waals surface area contributed by atoms with Crippen molar-refractivity contribution in [1.29, 1.82) is 0 Å². The molecule has 3 rings (SSSR count). The standard InChI is InChI=1S/C16H28N6O9P2/c17-5-3-1-2-4-6-18-15-14-16(20-9-19-15)22(10-21-14)13-7-11(31-33(26,27)28)12(30-13)8-29-32(23,24)25/h9-13H,1-8,17H2,(H,18,19,20)(H2,23,24,25)(H2,26,27,28)/t11-,12+,13+/m0/s1. The normalized spacial score (nSPS) is 21.7. The van der Waals surface area contributed by atoms with E-state index >= 15 is 0 Å². The Labute approximate surface area is 189 Å². The average Bonchev–Trinajstić information content (AvgIpc) is 3.31. The van der Waals surface area contributed by atoms with Gasteiger partial charge in [0, 0.05) is 13.0 Å². The zero-order valence-corrected chi connectivity index (χ0v) is 19.4. The molecule has 0 aromatic carbocycles. The number of aromatic nitrogens is 4. The maximum absolute atomic E-state index is 11.3. The van der Waals surface area contributed by atoms with Gasteiger partial charge in [0.05, 0.1) is 12.9 Å². The van der Waals surface area contributed by atoms with Gasteiger partial charge in [0.1, 0.15) is 24.8 Å². The van der Waals surface area contributed by atoms with Crippen LogP contribution in [0, 0.1) is 0 Å². The number of phosphoric ester groups is 2. The molecule has 3 atom stereocenters. The quantitative estimate of drug-likeness (QED) is 0.161. The van der Waals surface area contributed by atoms with E-state index in [4.69, 9.17) is 24.8 Å². The second-order valence-corrected chi connectivity index (χ2v) is 9.89. The monoisotopic (exact) mass is 510 g/mol. The Hall–Kier alpha value is -1.51. The van der Waals surface area contributed by atoms with Gasteiger partial charge in [0.15, 0.2) is 17.0 Å². The van der Waals surface area contributed by atoms with Crippen molar-refractivity contribution in [2.75, 3.05) is 25.0 Å². The Morgan fingerprint density at radius 1 is 1.12 bits per heavy atom. The minimum Gasteiger partial charge on any atom is -0.368 e. The van der Waals surface area contributed by atoms with Gasteiger partial charge in [-0.15, -0.1) is 0 Å². The molecule has 186 valence electrons. The van der Waals surface area contributed by atoms with Gasteiger partial charge in [0.25, 0.3) is 0 Å². The van der Waals surface area contributed by atoms with Crippen LogP contribution in [-0.2, 0) is 22.9 Å². The number of phosphoric acid groups is 2. The number of anilines is 1. The predicted octanol–water partition coefficient (Wildman–Crippen LogP) is 0.632. The highest BCUT2D eigenvalue weighted by molar-refractivity contribution is 7.46. The molecule has 1 aliphatic rings. The van der Waals surface area contributed by atoms with Crippen molar-refractivity contribution >= 4 is 32.6 Å². The van der Waals surface area contributed by atoms with Crippen LogP contribution in [0.25, 0.3) is 11.2 Å². The molecule has 0 bridgehead atoms. The predicted molar refractivity (Wildman–Crippen MR) is 115 cm³/mol. The lowest BCUT2D eigenvalue weighted by atomic mass is 10.2. The number of nitrogens with zero attached hydrogens (tertiary/aromatic N) is 4. The van der Waals surface area contributed by atoms with Gasteiger partial charge in [-0.3, -0.25) is 13.6 Å². The Morgan fingerprint density at radius 3 is 2.58 bits per heavy atom. The number of rotatable bonds is 13. The second kappa shape index (κ2) is 11.3. The minimum atomic E-state index is -4.90. The van der Waals surface area contributed by atoms with E-state index in [-0.39, 0.29) is 6.42 Å². The highest BCUT2D eigenvalue weighted by Gasteiger charge is 2.42. The van der Waals surface area contributed by atoms with Crippen molar-refractivity contribution in [2.24, 2.45) is 5.73 Å². The van der Waals surface area contributed by atoms with Crippen molar-refractivity contribution in [1.82, 2.24) is 19.5 Å². The summed E-state index contributed by atoms with van der Waals surface area (Å²) in [6, 6.07) is 0. The van der Waals surface area contributed by atoms with Crippen LogP contribution >= 0.6 is 15.6 Å². The summed E-state index contributed by atoms with van der Waals surface area (Å²) in [4.78, 5) is 49.0. The highest BCUT2D eigenvalue weighted by atomic mass is 31.2. The van der Waals surface area contributed by atoms with E-state index in [0.29, 0.717) is 30.1 Å². The zero-order chi connectivity index (χ0) is 24.1. The van der Waals surface area contributed by atoms with Gasteiger partial charge in [-0.05, 0) is 19.4 Å². The van der Waals surface area contributed by atoms with Crippen LogP contribution in [0.1, 0.15) is 38.3 Å². The molecule has 15 nitrogen and oxygen atoms in total. The third-order valence-corrected chi connectivity index (χ3v) is 5.98. The van der Waals surface area contributed by atoms with Gasteiger partial charge in [0.2, 0.25) is 0 Å². The van der Waals surface area contributed by atoms with Gasteiger partial charge in [-0.1, -0.05) is 12.8 Å².